The normalized spacial score (nSPS) is 15.2. The summed E-state index contributed by atoms with van der Waals surface area (Å²) in [4.78, 5) is 0. The second-order valence-electron chi connectivity index (χ2n) is 19.6. The lowest BCUT2D eigenvalue weighted by atomic mass is 9.73. The van der Waals surface area contributed by atoms with Crippen LogP contribution >= 0.6 is 0 Å². The first-order valence-corrected chi connectivity index (χ1v) is 25.6. The Labute approximate surface area is 406 Å². The minimum atomic E-state index is 0.373. The average Bonchev–Trinajstić information content (AvgIpc) is 3.39. The highest BCUT2D eigenvalue weighted by Gasteiger charge is 2.28. The second kappa shape index (κ2) is 25.8. The molecule has 7 rings (SSSR count). The van der Waals surface area contributed by atoms with Crippen LogP contribution in [-0.2, 0) is 6.42 Å². The molecule has 7 aromatic carbocycles. The molecule has 0 heterocycles. The lowest BCUT2D eigenvalue weighted by molar-refractivity contribution is 0.413. The predicted molar refractivity (Wildman–Crippen MR) is 289 cm³/mol. The predicted octanol–water partition coefficient (Wildman–Crippen LogP) is 18.9. The quantitative estimate of drug-likeness (QED) is 0.0502. The fourth-order valence-corrected chi connectivity index (χ4v) is 11.0. The summed E-state index contributed by atoms with van der Waals surface area (Å²) < 4.78 is 0. The SMILES string of the molecule is C=C(C=CC)C(C)CC(CC(CC(CCc1ccccc1)c1ccccc1)c1ccc(C(CC(CC)c2ccccc2)CC(CC(C)c2ccccc2)c2ccccc2)cc1)c1ccccc1. The van der Waals surface area contributed by atoms with Crippen LogP contribution in [0.3, 0.4) is 0 Å². The minimum absolute atomic E-state index is 0.373. The zero-order valence-electron chi connectivity index (χ0n) is 41.0. The maximum atomic E-state index is 4.53. The molecule has 0 amide bonds. The van der Waals surface area contributed by atoms with Gasteiger partial charge in [-0.2, -0.15) is 0 Å². The van der Waals surface area contributed by atoms with Crippen molar-refractivity contribution in [3.8, 4) is 0 Å². The van der Waals surface area contributed by atoms with Crippen molar-refractivity contribution in [3.63, 3.8) is 0 Å². The van der Waals surface area contributed by atoms with Crippen LogP contribution in [0.25, 0.3) is 0 Å². The van der Waals surface area contributed by atoms with Crippen LogP contribution in [0.15, 0.2) is 231 Å². The van der Waals surface area contributed by atoms with Gasteiger partial charge in [-0.15, -0.1) is 0 Å². The van der Waals surface area contributed by atoms with Gasteiger partial charge in [-0.05, 0) is 157 Å². The first-order chi connectivity index (χ1) is 32.9. The lowest BCUT2D eigenvalue weighted by Gasteiger charge is -2.31. The van der Waals surface area contributed by atoms with Gasteiger partial charge in [0, 0.05) is 0 Å². The first kappa shape index (κ1) is 48.9. The van der Waals surface area contributed by atoms with Crippen molar-refractivity contribution in [2.24, 2.45) is 5.92 Å². The molecule has 0 aliphatic rings. The summed E-state index contributed by atoms with van der Waals surface area (Å²) in [5.41, 5.74) is 12.8. The van der Waals surface area contributed by atoms with Crippen molar-refractivity contribution < 1.29 is 0 Å². The third-order valence-corrected chi connectivity index (χ3v) is 15.0. The monoisotopic (exact) mass is 881 g/mol. The molecule has 0 N–H and O–H groups in total. The fraction of sp³-hybridized carbons (Fsp3) is 0.313. The third kappa shape index (κ3) is 14.5. The van der Waals surface area contributed by atoms with E-state index in [2.05, 4.69) is 253 Å². The highest BCUT2D eigenvalue weighted by molar-refractivity contribution is 5.34. The van der Waals surface area contributed by atoms with Gasteiger partial charge in [0.1, 0.15) is 0 Å². The van der Waals surface area contributed by atoms with E-state index in [4.69, 9.17) is 0 Å². The highest BCUT2D eigenvalue weighted by atomic mass is 14.3. The van der Waals surface area contributed by atoms with E-state index in [1.165, 1.54) is 50.1 Å². The van der Waals surface area contributed by atoms with Gasteiger partial charge >= 0.3 is 0 Å². The van der Waals surface area contributed by atoms with Gasteiger partial charge < -0.3 is 0 Å². The summed E-state index contributed by atoms with van der Waals surface area (Å²) in [6.07, 6.45) is 14.3. The summed E-state index contributed by atoms with van der Waals surface area (Å²) in [7, 11) is 0. The number of allylic oxidation sites excluding steroid dienone is 3. The molecule has 0 aliphatic heterocycles. The van der Waals surface area contributed by atoms with E-state index in [9.17, 15) is 0 Å². The number of hydrogen-bond donors (Lipinski definition) is 0. The minimum Gasteiger partial charge on any atom is -0.0956 e. The van der Waals surface area contributed by atoms with Crippen molar-refractivity contribution in [1.82, 2.24) is 0 Å². The van der Waals surface area contributed by atoms with Crippen LogP contribution in [0, 0.1) is 5.92 Å². The van der Waals surface area contributed by atoms with Crippen molar-refractivity contribution in [1.29, 1.82) is 0 Å². The molecule has 0 nitrogen and oxygen atoms in total. The van der Waals surface area contributed by atoms with E-state index in [0.717, 1.165) is 57.8 Å². The van der Waals surface area contributed by atoms with Crippen LogP contribution in [0.1, 0.15) is 165 Å². The highest BCUT2D eigenvalue weighted by Crippen LogP contribution is 2.45. The summed E-state index contributed by atoms with van der Waals surface area (Å²) in [5, 5.41) is 0. The average molecular weight is 881 g/mol. The topological polar surface area (TPSA) is 0 Å². The Morgan fingerprint density at radius 3 is 1.15 bits per heavy atom. The van der Waals surface area contributed by atoms with Crippen LogP contribution in [0.4, 0.5) is 0 Å². The molecular weight excluding hydrogens is 805 g/mol. The van der Waals surface area contributed by atoms with Gasteiger partial charge in [0.15, 0.2) is 0 Å². The van der Waals surface area contributed by atoms with Gasteiger partial charge in [0.05, 0.1) is 0 Å². The van der Waals surface area contributed by atoms with E-state index in [-0.39, 0.29) is 0 Å². The van der Waals surface area contributed by atoms with Crippen molar-refractivity contribution in [3.05, 3.63) is 275 Å². The molecular formula is C67H76. The molecule has 7 aromatic rings. The Morgan fingerprint density at radius 2 is 0.716 bits per heavy atom. The zero-order chi connectivity index (χ0) is 46.6. The molecule has 0 aromatic heterocycles. The number of rotatable bonds is 25. The van der Waals surface area contributed by atoms with E-state index in [1.54, 1.807) is 0 Å². The lowest BCUT2D eigenvalue weighted by Crippen LogP contribution is -2.15. The molecule has 0 saturated carbocycles. The number of hydrogen-bond acceptors (Lipinski definition) is 0. The molecule has 0 saturated heterocycles. The number of benzene rings is 7. The second-order valence-corrected chi connectivity index (χ2v) is 19.6. The smallest absolute Gasteiger partial charge is 0.0150 e. The van der Waals surface area contributed by atoms with Gasteiger partial charge in [0.2, 0.25) is 0 Å². The number of aryl methyl sites for hydroxylation is 1. The summed E-state index contributed by atoms with van der Waals surface area (Å²) >= 11 is 0. The Hall–Kier alpha value is -5.98. The molecule has 0 radical (unpaired) electrons. The van der Waals surface area contributed by atoms with Crippen LogP contribution < -0.4 is 0 Å². The summed E-state index contributed by atoms with van der Waals surface area (Å²) in [5.74, 6) is 3.37. The molecule has 0 heteroatoms. The van der Waals surface area contributed by atoms with Crippen LogP contribution in [-0.4, -0.2) is 0 Å². The largest absolute Gasteiger partial charge is 0.0956 e. The van der Waals surface area contributed by atoms with Gasteiger partial charge in [-0.25, -0.2) is 0 Å². The van der Waals surface area contributed by atoms with E-state index >= 15 is 0 Å². The summed E-state index contributed by atoms with van der Waals surface area (Å²) in [6, 6.07) is 77.9. The Balaban J connectivity index is 1.27. The van der Waals surface area contributed by atoms with Crippen molar-refractivity contribution in [2.45, 2.75) is 127 Å². The zero-order valence-corrected chi connectivity index (χ0v) is 41.0. The fourth-order valence-electron chi connectivity index (χ4n) is 11.0. The molecule has 8 unspecified atom stereocenters. The van der Waals surface area contributed by atoms with Gasteiger partial charge in [0.25, 0.3) is 0 Å². The maximum Gasteiger partial charge on any atom is -0.0150 e. The molecule has 67 heavy (non-hydrogen) atoms. The Morgan fingerprint density at radius 1 is 0.388 bits per heavy atom. The van der Waals surface area contributed by atoms with Crippen molar-refractivity contribution >= 4 is 0 Å². The molecule has 0 fully saturated rings. The molecule has 344 valence electrons. The van der Waals surface area contributed by atoms with Gasteiger partial charge in [-0.1, -0.05) is 251 Å². The molecule has 0 bridgehead atoms. The van der Waals surface area contributed by atoms with E-state index < -0.39 is 0 Å². The first-order valence-electron chi connectivity index (χ1n) is 25.6. The Bertz CT molecular complexity index is 2450. The van der Waals surface area contributed by atoms with Crippen molar-refractivity contribution in [2.75, 3.05) is 0 Å². The molecule has 0 aliphatic carbocycles. The van der Waals surface area contributed by atoms with E-state index in [0.29, 0.717) is 47.3 Å². The van der Waals surface area contributed by atoms with Crippen LogP contribution in [0.5, 0.6) is 0 Å². The van der Waals surface area contributed by atoms with E-state index in [1.807, 2.05) is 0 Å². The maximum absolute atomic E-state index is 4.53. The van der Waals surface area contributed by atoms with Crippen LogP contribution in [0.2, 0.25) is 0 Å². The van der Waals surface area contributed by atoms with Gasteiger partial charge in [-0.3, -0.25) is 0 Å². The molecule has 0 spiro atoms. The summed E-state index contributed by atoms with van der Waals surface area (Å²) in [6.45, 7) is 13.8. The third-order valence-electron chi connectivity index (χ3n) is 15.0. The Kier molecular flexibility index (Phi) is 18.8. The molecule has 8 atom stereocenters. The standard InChI is InChI=1S/C67H76/c1-6-26-51(3)52(4)45-64(59-35-22-12-23-36-59)49-67(48-63(58-33-20-11-21-34-58)40-39-54-27-14-8-15-28-54)62-43-41-61(42-44-62)66(47-55(7-2)57-31-18-10-19-32-57)50-65(60-37-24-13-25-38-60)46-53(5)56-29-16-9-17-30-56/h6,8-38,41-44,52-53,55,63-67H,3,7,39-40,45-50H2,1-2,4-5H3.